The lowest BCUT2D eigenvalue weighted by molar-refractivity contribution is -0.0348. The lowest BCUT2D eigenvalue weighted by Gasteiger charge is -2.48. The standard InChI is InChI=1S/C20H32N2O3S/c1-2-6-18-7-9-19(10-8-18)26(23,24)21-17-20(11-4-3-5-12-20)22-13-15-25-16-14-22/h7-10,21H,2-6,11-17H2,1H3. The first-order valence-corrected chi connectivity index (χ1v) is 11.5. The topological polar surface area (TPSA) is 58.6 Å². The number of nitrogens with zero attached hydrogens (tertiary/aromatic N) is 1. The van der Waals surface area contributed by atoms with Crippen LogP contribution >= 0.6 is 0 Å². The van der Waals surface area contributed by atoms with Crippen LogP contribution in [0.15, 0.2) is 29.2 Å². The van der Waals surface area contributed by atoms with Crippen LogP contribution < -0.4 is 4.72 Å². The molecular weight excluding hydrogens is 348 g/mol. The molecule has 2 aliphatic rings. The Balaban J connectivity index is 1.70. The Morgan fingerprint density at radius 1 is 1.08 bits per heavy atom. The summed E-state index contributed by atoms with van der Waals surface area (Å²) in [4.78, 5) is 2.83. The van der Waals surface area contributed by atoms with Crippen LogP contribution in [0, 0.1) is 0 Å². The van der Waals surface area contributed by atoms with E-state index in [4.69, 9.17) is 4.74 Å². The molecule has 0 amide bonds. The molecule has 146 valence electrons. The van der Waals surface area contributed by atoms with Crippen LogP contribution in [0.5, 0.6) is 0 Å². The fourth-order valence-electron chi connectivity index (χ4n) is 4.29. The normalized spacial score (nSPS) is 21.6. The summed E-state index contributed by atoms with van der Waals surface area (Å²) in [6, 6.07) is 7.32. The Labute approximate surface area is 158 Å². The van der Waals surface area contributed by atoms with Gasteiger partial charge in [-0.1, -0.05) is 44.7 Å². The highest BCUT2D eigenvalue weighted by molar-refractivity contribution is 7.89. The molecule has 2 fully saturated rings. The van der Waals surface area contributed by atoms with E-state index < -0.39 is 10.0 Å². The molecule has 3 rings (SSSR count). The summed E-state index contributed by atoms with van der Waals surface area (Å²) in [5, 5.41) is 0. The van der Waals surface area contributed by atoms with Gasteiger partial charge in [-0.15, -0.1) is 0 Å². The maximum Gasteiger partial charge on any atom is 0.240 e. The predicted octanol–water partition coefficient (Wildman–Crippen LogP) is 2.95. The predicted molar refractivity (Wildman–Crippen MR) is 104 cm³/mol. The average molecular weight is 381 g/mol. The van der Waals surface area contributed by atoms with Gasteiger partial charge in [0.15, 0.2) is 0 Å². The third kappa shape index (κ3) is 4.66. The highest BCUT2D eigenvalue weighted by Gasteiger charge is 2.39. The zero-order valence-corrected chi connectivity index (χ0v) is 16.7. The molecule has 1 saturated heterocycles. The van der Waals surface area contributed by atoms with E-state index in [0.717, 1.165) is 52.0 Å². The third-order valence-electron chi connectivity index (χ3n) is 5.83. The molecule has 1 N–H and O–H groups in total. The average Bonchev–Trinajstić information content (AvgIpc) is 2.69. The smallest absolute Gasteiger partial charge is 0.240 e. The summed E-state index contributed by atoms with van der Waals surface area (Å²) < 4.78 is 34.1. The van der Waals surface area contributed by atoms with Gasteiger partial charge < -0.3 is 4.74 Å². The second-order valence-electron chi connectivity index (χ2n) is 7.60. The minimum absolute atomic E-state index is 0.0583. The molecule has 1 aromatic rings. The first-order chi connectivity index (χ1) is 12.6. The summed E-state index contributed by atoms with van der Waals surface area (Å²) in [5.41, 5.74) is 1.13. The Hall–Kier alpha value is -0.950. The number of nitrogens with one attached hydrogen (secondary N) is 1. The summed E-state index contributed by atoms with van der Waals surface area (Å²) in [7, 11) is -3.48. The number of hydrogen-bond donors (Lipinski definition) is 1. The molecule has 0 aromatic heterocycles. The first-order valence-electron chi connectivity index (χ1n) is 9.97. The molecule has 0 unspecified atom stereocenters. The molecule has 1 saturated carbocycles. The number of sulfonamides is 1. The number of hydrogen-bond acceptors (Lipinski definition) is 4. The minimum Gasteiger partial charge on any atom is -0.379 e. The van der Waals surface area contributed by atoms with Gasteiger partial charge in [-0.05, 0) is 37.0 Å². The van der Waals surface area contributed by atoms with Crippen LogP contribution in [-0.2, 0) is 21.2 Å². The zero-order chi connectivity index (χ0) is 18.5. The van der Waals surface area contributed by atoms with E-state index in [1.807, 2.05) is 12.1 Å². The number of benzene rings is 1. The Morgan fingerprint density at radius 2 is 1.73 bits per heavy atom. The fraction of sp³-hybridized carbons (Fsp3) is 0.700. The maximum atomic E-state index is 12.8. The van der Waals surface area contributed by atoms with Gasteiger partial charge in [-0.2, -0.15) is 0 Å². The molecule has 1 heterocycles. The molecule has 6 heteroatoms. The van der Waals surface area contributed by atoms with Crippen LogP contribution in [0.4, 0.5) is 0 Å². The second-order valence-corrected chi connectivity index (χ2v) is 9.37. The van der Waals surface area contributed by atoms with Crippen molar-refractivity contribution in [3.8, 4) is 0 Å². The summed E-state index contributed by atoms with van der Waals surface area (Å²) >= 11 is 0. The lowest BCUT2D eigenvalue weighted by atomic mass is 9.80. The van der Waals surface area contributed by atoms with Gasteiger partial charge in [0, 0.05) is 25.2 Å². The highest BCUT2D eigenvalue weighted by Crippen LogP contribution is 2.34. The van der Waals surface area contributed by atoms with E-state index in [9.17, 15) is 8.42 Å². The van der Waals surface area contributed by atoms with E-state index >= 15 is 0 Å². The first kappa shape index (κ1) is 19.8. The molecule has 1 aromatic carbocycles. The van der Waals surface area contributed by atoms with Gasteiger partial charge in [-0.25, -0.2) is 13.1 Å². The number of aryl methyl sites for hydroxylation is 1. The number of ether oxygens (including phenoxy) is 1. The molecule has 0 spiro atoms. The van der Waals surface area contributed by atoms with Crippen molar-refractivity contribution in [2.24, 2.45) is 0 Å². The molecule has 5 nitrogen and oxygen atoms in total. The maximum absolute atomic E-state index is 12.8. The van der Waals surface area contributed by atoms with Crippen molar-refractivity contribution >= 4 is 10.0 Å². The van der Waals surface area contributed by atoms with Gasteiger partial charge in [-0.3, -0.25) is 4.90 Å². The second kappa shape index (κ2) is 8.83. The van der Waals surface area contributed by atoms with E-state index in [2.05, 4.69) is 16.5 Å². The van der Waals surface area contributed by atoms with Gasteiger partial charge in [0.2, 0.25) is 10.0 Å². The number of rotatable bonds is 7. The lowest BCUT2D eigenvalue weighted by Crippen LogP contribution is -2.59. The molecule has 1 aliphatic carbocycles. The van der Waals surface area contributed by atoms with E-state index in [-0.39, 0.29) is 5.54 Å². The summed E-state index contributed by atoms with van der Waals surface area (Å²) in [5.74, 6) is 0. The minimum atomic E-state index is -3.48. The van der Waals surface area contributed by atoms with Crippen LogP contribution in [0.3, 0.4) is 0 Å². The van der Waals surface area contributed by atoms with E-state index in [0.29, 0.717) is 11.4 Å². The van der Waals surface area contributed by atoms with Crippen LogP contribution in [-0.4, -0.2) is 51.7 Å². The van der Waals surface area contributed by atoms with Gasteiger partial charge in [0.1, 0.15) is 0 Å². The van der Waals surface area contributed by atoms with E-state index in [1.54, 1.807) is 12.1 Å². The molecular formula is C20H32N2O3S. The van der Waals surface area contributed by atoms with Crippen molar-refractivity contribution in [2.45, 2.75) is 62.3 Å². The molecule has 0 bridgehead atoms. The molecule has 26 heavy (non-hydrogen) atoms. The van der Waals surface area contributed by atoms with Crippen LogP contribution in [0.1, 0.15) is 51.0 Å². The fourth-order valence-corrected chi connectivity index (χ4v) is 5.41. The van der Waals surface area contributed by atoms with E-state index in [1.165, 1.54) is 24.8 Å². The Morgan fingerprint density at radius 3 is 2.35 bits per heavy atom. The monoisotopic (exact) mass is 380 g/mol. The summed E-state index contributed by atoms with van der Waals surface area (Å²) in [6.07, 6.45) is 7.75. The van der Waals surface area contributed by atoms with Gasteiger partial charge in [0.25, 0.3) is 0 Å². The van der Waals surface area contributed by atoms with Crippen LogP contribution in [0.2, 0.25) is 0 Å². The van der Waals surface area contributed by atoms with Crippen molar-refractivity contribution in [1.82, 2.24) is 9.62 Å². The molecule has 1 aliphatic heterocycles. The molecule has 0 atom stereocenters. The van der Waals surface area contributed by atoms with Crippen molar-refractivity contribution in [1.29, 1.82) is 0 Å². The van der Waals surface area contributed by atoms with Crippen molar-refractivity contribution in [3.63, 3.8) is 0 Å². The Bertz CT molecular complexity index is 661. The SMILES string of the molecule is CCCc1ccc(S(=O)(=O)NCC2(N3CCOCC3)CCCCC2)cc1. The quantitative estimate of drug-likeness (QED) is 0.790. The molecule has 0 radical (unpaired) electrons. The summed E-state index contributed by atoms with van der Waals surface area (Å²) in [6.45, 7) is 5.90. The highest BCUT2D eigenvalue weighted by atomic mass is 32.2. The third-order valence-corrected chi connectivity index (χ3v) is 7.25. The van der Waals surface area contributed by atoms with Gasteiger partial charge in [0.05, 0.1) is 18.1 Å². The zero-order valence-electron chi connectivity index (χ0n) is 15.9. The number of morpholine rings is 1. The van der Waals surface area contributed by atoms with Crippen LogP contribution in [0.25, 0.3) is 0 Å². The van der Waals surface area contributed by atoms with Crippen molar-refractivity contribution in [3.05, 3.63) is 29.8 Å². The van der Waals surface area contributed by atoms with Crippen molar-refractivity contribution in [2.75, 3.05) is 32.8 Å². The Kier molecular flexibility index (Phi) is 6.72. The van der Waals surface area contributed by atoms with Gasteiger partial charge >= 0.3 is 0 Å². The largest absolute Gasteiger partial charge is 0.379 e. The van der Waals surface area contributed by atoms with Crippen molar-refractivity contribution < 1.29 is 13.2 Å².